The molecule has 1 aliphatic heterocycles. The number of aliphatic carboxylic acids is 3. The number of rotatable bonds is 11. The van der Waals surface area contributed by atoms with Crippen molar-refractivity contribution in [3.05, 3.63) is 0 Å². The first-order chi connectivity index (χ1) is 16.0. The number of ether oxygens (including phenoxy) is 2. The van der Waals surface area contributed by atoms with Crippen molar-refractivity contribution in [2.45, 2.75) is 92.7 Å². The van der Waals surface area contributed by atoms with Gasteiger partial charge in [0.1, 0.15) is 11.6 Å². The van der Waals surface area contributed by atoms with E-state index in [4.69, 9.17) is 9.47 Å². The fourth-order valence-electron chi connectivity index (χ4n) is 4.55. The lowest BCUT2D eigenvalue weighted by molar-refractivity contribution is -0.181. The first-order valence-corrected chi connectivity index (χ1v) is 13.1. The van der Waals surface area contributed by atoms with Gasteiger partial charge in [0, 0.05) is 0 Å². The highest BCUT2D eigenvalue weighted by atomic mass is 79.9. The molecule has 208 valence electrons. The van der Waals surface area contributed by atoms with Gasteiger partial charge in [0.25, 0.3) is 0 Å². The number of carboxylic acid groups (broad SMARTS) is 3. The van der Waals surface area contributed by atoms with E-state index in [-0.39, 0.29) is 25.9 Å². The second kappa shape index (κ2) is 11.4. The molecule has 5 atom stereocenters. The Hall–Kier alpha value is -1.68. The third kappa shape index (κ3) is 8.16. The van der Waals surface area contributed by atoms with Gasteiger partial charge in [-0.2, -0.15) is 0 Å². The highest BCUT2D eigenvalue weighted by Crippen LogP contribution is 2.51. The zero-order chi connectivity index (χ0) is 28.4. The van der Waals surface area contributed by atoms with Crippen LogP contribution in [0.3, 0.4) is 0 Å². The second-order valence-electron chi connectivity index (χ2n) is 13.0. The Morgan fingerprint density at radius 2 is 1.06 bits per heavy atom. The highest BCUT2D eigenvalue weighted by Gasteiger charge is 2.52. The van der Waals surface area contributed by atoms with E-state index in [0.29, 0.717) is 0 Å². The van der Waals surface area contributed by atoms with Crippen LogP contribution in [0, 0.1) is 39.4 Å². The number of carboxylic acids is 3. The lowest BCUT2D eigenvalue weighted by Crippen LogP contribution is -2.52. The summed E-state index contributed by atoms with van der Waals surface area (Å²) in [6.45, 7) is 14.6. The standard InChI is InChI=1S/C26H43BrO9/c1-23(2,3)22(34)35-13-17-15(11-25(6,7)20(30)31)14(10-24(4,5)19(28)29)16(18(27)36-17)12-26(8,9)21(32)33/h14-18H,10-13H2,1-9H3,(H,28,29)(H,30,31)(H,32,33)/t14-,15+,16+,17-,18-/m0/s1. The van der Waals surface area contributed by atoms with Gasteiger partial charge in [0.2, 0.25) is 0 Å². The average molecular weight is 580 g/mol. The number of alkyl halides is 1. The number of carbonyl (C=O) groups excluding carboxylic acids is 1. The van der Waals surface area contributed by atoms with E-state index in [9.17, 15) is 34.5 Å². The predicted molar refractivity (Wildman–Crippen MR) is 137 cm³/mol. The van der Waals surface area contributed by atoms with Gasteiger partial charge in [0.05, 0.1) is 27.8 Å². The first-order valence-electron chi connectivity index (χ1n) is 12.2. The van der Waals surface area contributed by atoms with Crippen LogP contribution < -0.4 is 0 Å². The summed E-state index contributed by atoms with van der Waals surface area (Å²) in [5.41, 5.74) is -4.24. The molecule has 0 aromatic rings. The molecule has 0 unspecified atom stereocenters. The molecule has 36 heavy (non-hydrogen) atoms. The molecule has 3 N–H and O–H groups in total. The topological polar surface area (TPSA) is 147 Å². The third-order valence-corrected chi connectivity index (χ3v) is 8.08. The van der Waals surface area contributed by atoms with Crippen LogP contribution in [-0.4, -0.2) is 56.9 Å². The van der Waals surface area contributed by atoms with Crippen molar-refractivity contribution in [2.75, 3.05) is 6.61 Å². The fourth-order valence-corrected chi connectivity index (χ4v) is 5.41. The molecule has 1 saturated heterocycles. The van der Waals surface area contributed by atoms with Crippen molar-refractivity contribution in [2.24, 2.45) is 39.4 Å². The van der Waals surface area contributed by atoms with E-state index in [2.05, 4.69) is 15.9 Å². The Kier molecular flexibility index (Phi) is 10.2. The van der Waals surface area contributed by atoms with E-state index in [0.717, 1.165) is 0 Å². The summed E-state index contributed by atoms with van der Waals surface area (Å²) in [4.78, 5) is 48.6. The van der Waals surface area contributed by atoms with Crippen molar-refractivity contribution in [1.29, 1.82) is 0 Å². The van der Waals surface area contributed by atoms with E-state index < -0.39 is 74.4 Å². The van der Waals surface area contributed by atoms with E-state index in [1.165, 1.54) is 0 Å². The number of hydrogen-bond donors (Lipinski definition) is 3. The minimum atomic E-state index is -1.18. The molecule has 0 bridgehead atoms. The SMILES string of the molecule is CC(C)(C)C(=O)OC[C@@H]1O[C@H](Br)[C@H](CC(C)(C)C(=O)O)[C@@H](CC(C)(C)C(=O)O)[C@H]1CC(C)(C)C(=O)O. The molecule has 0 aromatic heterocycles. The summed E-state index contributed by atoms with van der Waals surface area (Å²) in [7, 11) is 0. The molecule has 0 amide bonds. The Morgan fingerprint density at radius 3 is 1.42 bits per heavy atom. The Morgan fingerprint density at radius 1 is 0.694 bits per heavy atom. The summed E-state index contributed by atoms with van der Waals surface area (Å²) >= 11 is 3.55. The molecular weight excluding hydrogens is 536 g/mol. The van der Waals surface area contributed by atoms with Crippen LogP contribution in [0.15, 0.2) is 0 Å². The molecule has 0 aliphatic carbocycles. The van der Waals surface area contributed by atoms with Crippen LogP contribution >= 0.6 is 15.9 Å². The number of esters is 1. The lowest BCUT2D eigenvalue weighted by Gasteiger charge is -2.50. The predicted octanol–water partition coefficient (Wildman–Crippen LogP) is 5.05. The van der Waals surface area contributed by atoms with E-state index in [1.807, 2.05) is 0 Å². The molecule has 1 rings (SSSR count). The molecule has 9 nitrogen and oxygen atoms in total. The van der Waals surface area contributed by atoms with Gasteiger partial charge in [-0.25, -0.2) is 0 Å². The highest BCUT2D eigenvalue weighted by molar-refractivity contribution is 9.09. The van der Waals surface area contributed by atoms with Gasteiger partial charge in [-0.15, -0.1) is 0 Å². The zero-order valence-electron chi connectivity index (χ0n) is 22.9. The molecule has 0 spiro atoms. The molecule has 1 heterocycles. The van der Waals surface area contributed by atoms with Gasteiger partial charge in [-0.3, -0.25) is 19.2 Å². The largest absolute Gasteiger partial charge is 0.481 e. The minimum absolute atomic E-state index is 0.127. The van der Waals surface area contributed by atoms with Crippen molar-refractivity contribution >= 4 is 39.8 Å². The third-order valence-electron chi connectivity index (χ3n) is 7.18. The summed E-state index contributed by atoms with van der Waals surface area (Å²) in [6, 6.07) is 0. The van der Waals surface area contributed by atoms with E-state index in [1.54, 1.807) is 62.3 Å². The van der Waals surface area contributed by atoms with Crippen LogP contribution in [0.5, 0.6) is 0 Å². The summed E-state index contributed by atoms with van der Waals surface area (Å²) in [5, 5.41) is 28.9. The van der Waals surface area contributed by atoms with Gasteiger partial charge in [-0.1, -0.05) is 15.9 Å². The molecule has 1 aliphatic rings. The molecule has 0 saturated carbocycles. The smallest absolute Gasteiger partial charge is 0.311 e. The van der Waals surface area contributed by atoms with Gasteiger partial charge in [-0.05, 0) is 99.3 Å². The quantitative estimate of drug-likeness (QED) is 0.226. The monoisotopic (exact) mass is 578 g/mol. The van der Waals surface area contributed by atoms with Crippen LogP contribution in [0.1, 0.15) is 81.6 Å². The summed E-state index contributed by atoms with van der Waals surface area (Å²) in [5.74, 6) is -4.84. The lowest BCUT2D eigenvalue weighted by atomic mass is 9.62. The van der Waals surface area contributed by atoms with E-state index >= 15 is 0 Å². The fraction of sp³-hybridized carbons (Fsp3) is 0.846. The number of carbonyl (C=O) groups is 4. The Bertz CT molecular complexity index is 841. The van der Waals surface area contributed by atoms with Crippen LogP contribution in [-0.2, 0) is 28.7 Å². The maximum absolute atomic E-state index is 12.5. The normalized spacial score (nSPS) is 25.8. The van der Waals surface area contributed by atoms with Gasteiger partial charge >= 0.3 is 23.9 Å². The molecule has 1 fully saturated rings. The molecular formula is C26H43BrO9. The van der Waals surface area contributed by atoms with Gasteiger partial charge in [0.15, 0.2) is 0 Å². The summed E-state index contributed by atoms with van der Waals surface area (Å²) in [6.07, 6.45) is -0.238. The zero-order valence-corrected chi connectivity index (χ0v) is 24.5. The molecule has 10 heteroatoms. The van der Waals surface area contributed by atoms with Crippen LogP contribution in [0.25, 0.3) is 0 Å². The average Bonchev–Trinajstić information content (AvgIpc) is 2.69. The van der Waals surface area contributed by atoms with Crippen molar-refractivity contribution in [3.8, 4) is 0 Å². The van der Waals surface area contributed by atoms with Crippen LogP contribution in [0.2, 0.25) is 0 Å². The van der Waals surface area contributed by atoms with Crippen molar-refractivity contribution < 1.29 is 44.0 Å². The molecule has 0 aromatic carbocycles. The first kappa shape index (κ1) is 32.3. The van der Waals surface area contributed by atoms with Crippen molar-refractivity contribution in [1.82, 2.24) is 0 Å². The minimum Gasteiger partial charge on any atom is -0.481 e. The van der Waals surface area contributed by atoms with Crippen molar-refractivity contribution in [3.63, 3.8) is 0 Å². The Labute approximate surface area is 222 Å². The Balaban J connectivity index is 3.58. The van der Waals surface area contributed by atoms with Crippen LogP contribution in [0.4, 0.5) is 0 Å². The maximum Gasteiger partial charge on any atom is 0.311 e. The summed E-state index contributed by atoms with van der Waals surface area (Å²) < 4.78 is 11.8. The number of hydrogen-bond acceptors (Lipinski definition) is 6. The number of halogens is 1. The second-order valence-corrected chi connectivity index (χ2v) is 13.9. The molecule has 0 radical (unpaired) electrons. The maximum atomic E-state index is 12.5. The van der Waals surface area contributed by atoms with Gasteiger partial charge < -0.3 is 24.8 Å².